The van der Waals surface area contributed by atoms with Gasteiger partial charge in [-0.3, -0.25) is 14.4 Å². The van der Waals surface area contributed by atoms with Crippen LogP contribution < -0.4 is 33.2 Å². The molecule has 0 aliphatic rings. The van der Waals surface area contributed by atoms with Gasteiger partial charge in [-0.15, -0.1) is 0 Å². The van der Waals surface area contributed by atoms with Crippen LogP contribution in [0.3, 0.4) is 0 Å². The van der Waals surface area contributed by atoms with E-state index in [0.29, 0.717) is 44.3 Å². The number of amides is 3. The lowest BCUT2D eigenvalue weighted by Gasteiger charge is -2.26. The largest absolute Gasteiger partial charge is 0.508 e. The third-order valence-corrected chi connectivity index (χ3v) is 5.97. The van der Waals surface area contributed by atoms with Crippen molar-refractivity contribution in [1.29, 1.82) is 0 Å². The van der Waals surface area contributed by atoms with Gasteiger partial charge in [-0.05, 0) is 76.2 Å². The molecule has 13 nitrogen and oxygen atoms in total. The Hall–Kier alpha value is -3.26. The number of aliphatic hydroxyl groups excluding tert-OH is 1. The van der Waals surface area contributed by atoms with Crippen molar-refractivity contribution in [2.24, 2.45) is 17.2 Å². The first-order valence-corrected chi connectivity index (χ1v) is 12.8. The summed E-state index contributed by atoms with van der Waals surface area (Å²) in [6.45, 7) is 2.11. The van der Waals surface area contributed by atoms with Crippen molar-refractivity contribution in [3.05, 3.63) is 29.8 Å². The van der Waals surface area contributed by atoms with Gasteiger partial charge in [0.25, 0.3) is 0 Å². The number of nitrogens with two attached hydrogens (primary N) is 3. The molecule has 0 aliphatic carbocycles. The summed E-state index contributed by atoms with van der Waals surface area (Å²) in [6, 6.07) is 1.24. The Kier molecular flexibility index (Phi) is 14.9. The summed E-state index contributed by atoms with van der Waals surface area (Å²) in [7, 11) is 0. The smallest absolute Gasteiger partial charge is 0.326 e. The van der Waals surface area contributed by atoms with Crippen LogP contribution in [-0.2, 0) is 25.6 Å². The van der Waals surface area contributed by atoms with E-state index in [1.54, 1.807) is 12.1 Å². The van der Waals surface area contributed by atoms with Gasteiger partial charge in [0.1, 0.15) is 29.9 Å². The summed E-state index contributed by atoms with van der Waals surface area (Å²) >= 11 is 0. The molecule has 0 saturated carbocycles. The zero-order valence-corrected chi connectivity index (χ0v) is 21.8. The minimum absolute atomic E-state index is 0.0230. The molecule has 3 amide bonds. The summed E-state index contributed by atoms with van der Waals surface area (Å²) < 4.78 is 0. The van der Waals surface area contributed by atoms with Crippen LogP contribution in [0.1, 0.15) is 51.0 Å². The SMILES string of the molecule is CC(O)C(N)C(=O)NC(CCCCN)C(=O)NC(CCCCN)C(=O)NC(Cc1ccc(O)cc1)C(=O)O. The van der Waals surface area contributed by atoms with Crippen LogP contribution in [0.2, 0.25) is 0 Å². The fourth-order valence-corrected chi connectivity index (χ4v) is 3.62. The number of carboxylic acid groups (broad SMARTS) is 1. The molecule has 0 aliphatic heterocycles. The van der Waals surface area contributed by atoms with Gasteiger partial charge in [0.2, 0.25) is 17.7 Å². The van der Waals surface area contributed by atoms with Crippen LogP contribution >= 0.6 is 0 Å². The van der Waals surface area contributed by atoms with Gasteiger partial charge in [0, 0.05) is 6.42 Å². The fourth-order valence-electron chi connectivity index (χ4n) is 3.62. The van der Waals surface area contributed by atoms with E-state index in [1.165, 1.54) is 19.1 Å². The normalized spacial score (nSPS) is 15.0. The highest BCUT2D eigenvalue weighted by molar-refractivity contribution is 5.94. The topological polar surface area (TPSA) is 243 Å². The Bertz CT molecular complexity index is 897. The second kappa shape index (κ2) is 17.3. The van der Waals surface area contributed by atoms with Gasteiger partial charge in [0.15, 0.2) is 0 Å². The van der Waals surface area contributed by atoms with Crippen LogP contribution in [0.25, 0.3) is 0 Å². The first kappa shape index (κ1) is 32.8. The average molecular weight is 539 g/mol. The molecule has 1 aromatic carbocycles. The zero-order valence-electron chi connectivity index (χ0n) is 21.8. The zero-order chi connectivity index (χ0) is 28.7. The monoisotopic (exact) mass is 538 g/mol. The minimum Gasteiger partial charge on any atom is -0.508 e. The van der Waals surface area contributed by atoms with E-state index < -0.39 is 54.0 Å². The predicted octanol–water partition coefficient (Wildman–Crippen LogP) is -1.56. The van der Waals surface area contributed by atoms with Gasteiger partial charge in [-0.2, -0.15) is 0 Å². The predicted molar refractivity (Wildman–Crippen MR) is 141 cm³/mol. The van der Waals surface area contributed by atoms with Gasteiger partial charge < -0.3 is 48.5 Å². The first-order chi connectivity index (χ1) is 18.0. The van der Waals surface area contributed by atoms with Gasteiger partial charge in [-0.1, -0.05) is 12.1 Å². The van der Waals surface area contributed by atoms with Crippen LogP contribution in [-0.4, -0.2) is 82.4 Å². The molecule has 12 N–H and O–H groups in total. The number of benzene rings is 1. The van der Waals surface area contributed by atoms with Crippen molar-refractivity contribution < 1.29 is 34.5 Å². The van der Waals surface area contributed by atoms with Crippen molar-refractivity contribution in [3.63, 3.8) is 0 Å². The fraction of sp³-hybridized carbons (Fsp3) is 0.600. The number of unbranched alkanes of at least 4 members (excludes halogenated alkanes) is 2. The van der Waals surface area contributed by atoms with Crippen LogP contribution in [0.5, 0.6) is 5.75 Å². The van der Waals surface area contributed by atoms with Crippen LogP contribution in [0.4, 0.5) is 0 Å². The molecule has 5 unspecified atom stereocenters. The first-order valence-electron chi connectivity index (χ1n) is 12.8. The number of hydrogen-bond donors (Lipinski definition) is 9. The number of nitrogens with one attached hydrogen (secondary N) is 3. The molecule has 1 aromatic rings. The highest BCUT2D eigenvalue weighted by atomic mass is 16.4. The standard InChI is InChI=1S/C25H42N6O7/c1-15(32)21(28)24(36)30-19(7-3-5-13-27)22(34)29-18(6-2-4-12-26)23(35)31-20(25(37)38)14-16-8-10-17(33)11-9-16/h8-11,15,18-21,32-33H,2-7,12-14,26-28H2,1H3,(H,29,34)(H,30,36)(H,31,35)(H,37,38). The molecule has 0 radical (unpaired) electrons. The number of phenolic OH excluding ortho intramolecular Hbond substituents is 1. The molecule has 13 heteroatoms. The lowest BCUT2D eigenvalue weighted by atomic mass is 10.0. The number of aliphatic carboxylic acids is 1. The van der Waals surface area contributed by atoms with Crippen molar-refractivity contribution in [2.45, 2.75) is 82.1 Å². The number of carbonyl (C=O) groups is 4. The Balaban J connectivity index is 3.03. The molecule has 0 fully saturated rings. The van der Waals surface area contributed by atoms with Crippen molar-refractivity contribution in [1.82, 2.24) is 16.0 Å². The van der Waals surface area contributed by atoms with Gasteiger partial charge >= 0.3 is 5.97 Å². The molecular formula is C25H42N6O7. The molecule has 0 aromatic heterocycles. The number of aromatic hydroxyl groups is 1. The molecule has 38 heavy (non-hydrogen) atoms. The van der Waals surface area contributed by atoms with Crippen molar-refractivity contribution in [3.8, 4) is 5.75 Å². The second-order valence-electron chi connectivity index (χ2n) is 9.23. The molecule has 0 saturated heterocycles. The van der Waals surface area contributed by atoms with E-state index >= 15 is 0 Å². The highest BCUT2D eigenvalue weighted by Crippen LogP contribution is 2.12. The maximum Gasteiger partial charge on any atom is 0.326 e. The van der Waals surface area contributed by atoms with E-state index in [1.807, 2.05) is 0 Å². The second-order valence-corrected chi connectivity index (χ2v) is 9.23. The van der Waals surface area contributed by atoms with E-state index in [-0.39, 0.29) is 25.0 Å². The summed E-state index contributed by atoms with van der Waals surface area (Å²) in [5, 5.41) is 36.3. The van der Waals surface area contributed by atoms with Crippen molar-refractivity contribution >= 4 is 23.7 Å². The quantitative estimate of drug-likeness (QED) is 0.0973. The third kappa shape index (κ3) is 11.9. The summed E-state index contributed by atoms with van der Waals surface area (Å²) in [5.74, 6) is -3.31. The molecule has 0 heterocycles. The minimum atomic E-state index is -1.29. The number of hydrogen-bond acceptors (Lipinski definition) is 9. The van der Waals surface area contributed by atoms with E-state index in [4.69, 9.17) is 17.2 Å². The molecule has 5 atom stereocenters. The maximum absolute atomic E-state index is 13.2. The van der Waals surface area contributed by atoms with E-state index in [9.17, 15) is 34.5 Å². The lowest BCUT2D eigenvalue weighted by Crippen LogP contribution is -2.58. The molecular weight excluding hydrogens is 496 g/mol. The Morgan fingerprint density at radius 3 is 1.66 bits per heavy atom. The molecule has 0 bridgehead atoms. The van der Waals surface area contributed by atoms with Gasteiger partial charge in [0.05, 0.1) is 6.10 Å². The molecule has 1 rings (SSSR count). The van der Waals surface area contributed by atoms with E-state index in [2.05, 4.69) is 16.0 Å². The Morgan fingerprint density at radius 2 is 1.24 bits per heavy atom. The van der Waals surface area contributed by atoms with Crippen LogP contribution in [0.15, 0.2) is 24.3 Å². The third-order valence-electron chi connectivity index (χ3n) is 5.97. The van der Waals surface area contributed by atoms with Crippen LogP contribution in [0, 0.1) is 0 Å². The average Bonchev–Trinajstić information content (AvgIpc) is 2.87. The van der Waals surface area contributed by atoms with Crippen molar-refractivity contribution in [2.75, 3.05) is 13.1 Å². The molecule has 0 spiro atoms. The Morgan fingerprint density at radius 1 is 0.789 bits per heavy atom. The number of carbonyl (C=O) groups excluding carboxylic acids is 3. The number of carboxylic acids is 1. The number of aliphatic hydroxyl groups is 1. The van der Waals surface area contributed by atoms with Gasteiger partial charge in [-0.25, -0.2) is 4.79 Å². The summed E-state index contributed by atoms with van der Waals surface area (Å²) in [4.78, 5) is 50.5. The number of phenols is 1. The highest BCUT2D eigenvalue weighted by Gasteiger charge is 2.30. The number of rotatable bonds is 18. The Labute approximate surface area is 222 Å². The van der Waals surface area contributed by atoms with E-state index in [0.717, 1.165) is 0 Å². The summed E-state index contributed by atoms with van der Waals surface area (Å²) in [6.07, 6.45) is 1.40. The lowest BCUT2D eigenvalue weighted by molar-refractivity contribution is -0.142. The maximum atomic E-state index is 13.2. The molecule has 214 valence electrons. The summed E-state index contributed by atoms with van der Waals surface area (Å²) in [5.41, 5.74) is 17.4.